The molecule has 5 nitrogen and oxygen atoms in total. The largest absolute Gasteiger partial charge is 0.481 e. The van der Waals surface area contributed by atoms with Gasteiger partial charge >= 0.3 is 5.97 Å². The van der Waals surface area contributed by atoms with Gasteiger partial charge in [0, 0.05) is 6.42 Å². The van der Waals surface area contributed by atoms with E-state index in [2.05, 4.69) is 0 Å². The molecule has 5 heteroatoms. The molecule has 0 rings (SSSR count). The van der Waals surface area contributed by atoms with Crippen LogP contribution in [0.2, 0.25) is 0 Å². The SMILES string of the molecule is CCC=CCC=C[C@H](O)[C@H](O)[C@H](O)CCCCCCCC(=O)O. The highest BCUT2D eigenvalue weighted by atomic mass is 16.4. The summed E-state index contributed by atoms with van der Waals surface area (Å²) < 4.78 is 0. The number of aliphatic carboxylic acids is 1. The van der Waals surface area contributed by atoms with Crippen molar-refractivity contribution in [2.75, 3.05) is 0 Å². The fraction of sp³-hybridized carbons (Fsp3) is 0.722. The molecule has 23 heavy (non-hydrogen) atoms. The summed E-state index contributed by atoms with van der Waals surface area (Å²) >= 11 is 0. The van der Waals surface area contributed by atoms with Crippen LogP contribution in [0.4, 0.5) is 0 Å². The van der Waals surface area contributed by atoms with Gasteiger partial charge in [-0.1, -0.05) is 56.9 Å². The number of aliphatic hydroxyl groups excluding tert-OH is 3. The lowest BCUT2D eigenvalue weighted by atomic mass is 10.0. The van der Waals surface area contributed by atoms with E-state index in [0.29, 0.717) is 19.3 Å². The third-order valence-electron chi connectivity index (χ3n) is 3.64. The van der Waals surface area contributed by atoms with E-state index in [4.69, 9.17) is 5.11 Å². The highest BCUT2D eigenvalue weighted by Gasteiger charge is 2.21. The minimum Gasteiger partial charge on any atom is -0.481 e. The zero-order valence-corrected chi connectivity index (χ0v) is 14.1. The predicted molar refractivity (Wildman–Crippen MR) is 91.2 cm³/mol. The van der Waals surface area contributed by atoms with Crippen LogP contribution < -0.4 is 0 Å². The lowest BCUT2D eigenvalue weighted by Crippen LogP contribution is -2.36. The Balaban J connectivity index is 3.77. The molecule has 0 aromatic carbocycles. The fourth-order valence-corrected chi connectivity index (χ4v) is 2.23. The van der Waals surface area contributed by atoms with Gasteiger partial charge in [0.15, 0.2) is 0 Å². The maximum atomic E-state index is 10.3. The molecule has 0 amide bonds. The van der Waals surface area contributed by atoms with Crippen molar-refractivity contribution in [2.45, 2.75) is 83.0 Å². The van der Waals surface area contributed by atoms with Crippen LogP contribution in [-0.4, -0.2) is 44.7 Å². The number of unbranched alkanes of at least 4 members (excludes halogenated alkanes) is 4. The van der Waals surface area contributed by atoms with Crippen LogP contribution in [0.25, 0.3) is 0 Å². The topological polar surface area (TPSA) is 98.0 Å². The number of carboxylic acids is 1. The summed E-state index contributed by atoms with van der Waals surface area (Å²) in [6.07, 6.45) is 10.5. The molecule has 0 fully saturated rings. The van der Waals surface area contributed by atoms with E-state index >= 15 is 0 Å². The van der Waals surface area contributed by atoms with Gasteiger partial charge in [-0.15, -0.1) is 0 Å². The molecule has 0 saturated carbocycles. The first-order valence-electron chi connectivity index (χ1n) is 8.56. The predicted octanol–water partition coefficient (Wildman–Crippen LogP) is 2.80. The van der Waals surface area contributed by atoms with Crippen molar-refractivity contribution < 1.29 is 25.2 Å². The summed E-state index contributed by atoms with van der Waals surface area (Å²) in [7, 11) is 0. The van der Waals surface area contributed by atoms with Crippen LogP contribution >= 0.6 is 0 Å². The van der Waals surface area contributed by atoms with Crippen molar-refractivity contribution in [2.24, 2.45) is 0 Å². The normalized spacial score (nSPS) is 16.0. The van der Waals surface area contributed by atoms with Crippen molar-refractivity contribution in [3.8, 4) is 0 Å². The zero-order chi connectivity index (χ0) is 17.5. The lowest BCUT2D eigenvalue weighted by Gasteiger charge is -2.20. The van der Waals surface area contributed by atoms with Crippen LogP contribution in [0, 0.1) is 0 Å². The summed E-state index contributed by atoms with van der Waals surface area (Å²) in [6.45, 7) is 2.04. The number of carboxylic acid groups (broad SMARTS) is 1. The summed E-state index contributed by atoms with van der Waals surface area (Å²) in [5, 5.41) is 38.0. The van der Waals surface area contributed by atoms with Gasteiger partial charge < -0.3 is 20.4 Å². The number of carbonyl (C=O) groups is 1. The van der Waals surface area contributed by atoms with E-state index < -0.39 is 24.3 Å². The molecule has 0 saturated heterocycles. The van der Waals surface area contributed by atoms with Crippen molar-refractivity contribution in [3.05, 3.63) is 24.3 Å². The van der Waals surface area contributed by atoms with Crippen LogP contribution in [0.1, 0.15) is 64.7 Å². The molecule has 0 spiro atoms. The average molecular weight is 328 g/mol. The second kappa shape index (κ2) is 14.4. The lowest BCUT2D eigenvalue weighted by molar-refractivity contribution is -0.137. The van der Waals surface area contributed by atoms with Crippen molar-refractivity contribution >= 4 is 5.97 Å². The molecule has 0 heterocycles. The maximum Gasteiger partial charge on any atom is 0.303 e. The molecule has 0 aromatic heterocycles. The first kappa shape index (κ1) is 21.8. The Morgan fingerprint density at radius 1 is 0.957 bits per heavy atom. The van der Waals surface area contributed by atoms with Crippen LogP contribution in [-0.2, 0) is 4.79 Å². The average Bonchev–Trinajstić information content (AvgIpc) is 2.52. The Morgan fingerprint density at radius 2 is 1.61 bits per heavy atom. The second-order valence-electron chi connectivity index (χ2n) is 5.79. The first-order valence-corrected chi connectivity index (χ1v) is 8.56. The van der Waals surface area contributed by atoms with Gasteiger partial charge in [-0.25, -0.2) is 0 Å². The van der Waals surface area contributed by atoms with E-state index in [-0.39, 0.29) is 6.42 Å². The minimum absolute atomic E-state index is 0.202. The standard InChI is InChI=1S/C18H32O5/c1-2-3-4-6-9-12-15(19)18(23)16(20)13-10-7-5-8-11-14-17(21)22/h3-4,9,12,15-16,18-20,23H,2,5-8,10-11,13-14H2,1H3,(H,21,22)/t15-,16+,18-/m0/s1. The Labute approximate surface area is 139 Å². The molecule has 0 aliphatic rings. The highest BCUT2D eigenvalue weighted by Crippen LogP contribution is 2.13. The van der Waals surface area contributed by atoms with Gasteiger partial charge in [0.1, 0.15) is 12.2 Å². The van der Waals surface area contributed by atoms with Crippen LogP contribution in [0.15, 0.2) is 24.3 Å². The molecule has 4 N–H and O–H groups in total. The Morgan fingerprint density at radius 3 is 2.26 bits per heavy atom. The number of aliphatic hydroxyl groups is 3. The van der Waals surface area contributed by atoms with Crippen LogP contribution in [0.5, 0.6) is 0 Å². The molecule has 0 radical (unpaired) electrons. The van der Waals surface area contributed by atoms with Gasteiger partial charge in [0.05, 0.1) is 6.10 Å². The third kappa shape index (κ3) is 13.0. The highest BCUT2D eigenvalue weighted by molar-refractivity contribution is 5.66. The van der Waals surface area contributed by atoms with E-state index in [0.717, 1.165) is 32.1 Å². The summed E-state index contributed by atoms with van der Waals surface area (Å²) in [5.41, 5.74) is 0. The van der Waals surface area contributed by atoms with E-state index in [1.54, 1.807) is 6.08 Å². The summed E-state index contributed by atoms with van der Waals surface area (Å²) in [4.78, 5) is 10.3. The number of hydrogen-bond donors (Lipinski definition) is 4. The summed E-state index contributed by atoms with van der Waals surface area (Å²) in [6, 6.07) is 0. The van der Waals surface area contributed by atoms with Gasteiger partial charge in [0.2, 0.25) is 0 Å². The van der Waals surface area contributed by atoms with Crippen molar-refractivity contribution in [1.29, 1.82) is 0 Å². The Kier molecular flexibility index (Phi) is 13.7. The van der Waals surface area contributed by atoms with Gasteiger partial charge in [-0.05, 0) is 25.7 Å². The Bertz CT molecular complexity index is 351. The quantitative estimate of drug-likeness (QED) is 0.290. The zero-order valence-electron chi connectivity index (χ0n) is 14.1. The molecule has 3 atom stereocenters. The second-order valence-corrected chi connectivity index (χ2v) is 5.79. The van der Waals surface area contributed by atoms with Crippen LogP contribution in [0.3, 0.4) is 0 Å². The van der Waals surface area contributed by atoms with Crippen molar-refractivity contribution in [1.82, 2.24) is 0 Å². The number of allylic oxidation sites excluding steroid dienone is 3. The van der Waals surface area contributed by atoms with Crippen molar-refractivity contribution in [3.63, 3.8) is 0 Å². The molecule has 134 valence electrons. The number of rotatable bonds is 14. The monoisotopic (exact) mass is 328 g/mol. The molecule has 0 unspecified atom stereocenters. The van der Waals surface area contributed by atoms with E-state index in [1.165, 1.54) is 6.08 Å². The fourth-order valence-electron chi connectivity index (χ4n) is 2.23. The molecule has 0 aromatic rings. The smallest absolute Gasteiger partial charge is 0.303 e. The molecule has 0 aliphatic carbocycles. The number of hydrogen-bond acceptors (Lipinski definition) is 4. The van der Waals surface area contributed by atoms with Gasteiger partial charge in [-0.3, -0.25) is 4.79 Å². The van der Waals surface area contributed by atoms with E-state index in [9.17, 15) is 20.1 Å². The first-order chi connectivity index (χ1) is 11.0. The maximum absolute atomic E-state index is 10.3. The van der Waals surface area contributed by atoms with E-state index in [1.807, 2.05) is 19.1 Å². The molecule has 0 aliphatic heterocycles. The third-order valence-corrected chi connectivity index (χ3v) is 3.64. The van der Waals surface area contributed by atoms with Gasteiger partial charge in [-0.2, -0.15) is 0 Å². The summed E-state index contributed by atoms with van der Waals surface area (Å²) in [5.74, 6) is -0.768. The molecule has 0 bridgehead atoms. The van der Waals surface area contributed by atoms with Gasteiger partial charge in [0.25, 0.3) is 0 Å². The molecular formula is C18H32O5. The minimum atomic E-state index is -1.17. The Hall–Kier alpha value is -1.17. The molecular weight excluding hydrogens is 296 g/mol.